The summed E-state index contributed by atoms with van der Waals surface area (Å²) in [5.41, 5.74) is 19.2. The molecular weight excluding hydrogens is 751 g/mol. The van der Waals surface area contributed by atoms with Crippen molar-refractivity contribution in [3.8, 4) is 72.4 Å². The first kappa shape index (κ1) is 35.7. The maximum Gasteiger partial charge on any atom is 0.143 e. The van der Waals surface area contributed by atoms with E-state index in [1.54, 1.807) is 0 Å². The van der Waals surface area contributed by atoms with Crippen molar-refractivity contribution in [1.29, 1.82) is 0 Å². The first-order chi connectivity index (χ1) is 30.7. The monoisotopic (exact) mass is 789 g/mol. The van der Waals surface area contributed by atoms with Gasteiger partial charge in [0.2, 0.25) is 0 Å². The third-order valence-corrected chi connectivity index (χ3v) is 12.4. The predicted octanol–water partition coefficient (Wildman–Crippen LogP) is 16.7. The van der Waals surface area contributed by atoms with Gasteiger partial charge in [0.05, 0.1) is 11.0 Å². The number of benzene rings is 10. The van der Waals surface area contributed by atoms with E-state index >= 15 is 0 Å². The molecule has 12 aromatic rings. The number of aromatic nitrogens is 1. The topological polar surface area (TPSA) is 18.1 Å². The SMILES string of the molecule is c1ccc(-c2ccc(-c3cc(-c4ccc5c(c4)c4ccccc4n5-c4ccc(-c5ccccc5)cc4)cc(-c4cccc5c4oc4c(-c6ccccc6)cccc45)c3)cc2)cc1. The Labute approximate surface area is 360 Å². The molecule has 12 rings (SSSR count). The molecule has 0 amide bonds. The number of fused-ring (bicyclic) bond motifs is 6. The Morgan fingerprint density at radius 2 is 0.661 bits per heavy atom. The smallest absolute Gasteiger partial charge is 0.143 e. The quantitative estimate of drug-likeness (QED) is 0.157. The van der Waals surface area contributed by atoms with Crippen LogP contribution in [0.3, 0.4) is 0 Å². The van der Waals surface area contributed by atoms with Crippen LogP contribution < -0.4 is 0 Å². The molecule has 2 nitrogen and oxygen atoms in total. The van der Waals surface area contributed by atoms with Gasteiger partial charge in [-0.3, -0.25) is 0 Å². The molecule has 0 fully saturated rings. The number of hydrogen-bond donors (Lipinski definition) is 0. The van der Waals surface area contributed by atoms with E-state index in [-0.39, 0.29) is 0 Å². The molecule has 0 radical (unpaired) electrons. The van der Waals surface area contributed by atoms with Crippen molar-refractivity contribution in [3.63, 3.8) is 0 Å². The van der Waals surface area contributed by atoms with Crippen molar-refractivity contribution in [2.75, 3.05) is 0 Å². The Kier molecular flexibility index (Phi) is 8.53. The molecule has 2 aromatic heterocycles. The van der Waals surface area contributed by atoms with Crippen LogP contribution in [-0.2, 0) is 0 Å². The van der Waals surface area contributed by atoms with Gasteiger partial charge < -0.3 is 8.98 Å². The van der Waals surface area contributed by atoms with Gasteiger partial charge in [-0.1, -0.05) is 188 Å². The van der Waals surface area contributed by atoms with E-state index in [4.69, 9.17) is 4.42 Å². The minimum absolute atomic E-state index is 0.894. The molecule has 0 N–H and O–H groups in total. The molecule has 0 atom stereocenters. The van der Waals surface area contributed by atoms with Gasteiger partial charge in [0, 0.05) is 38.4 Å². The third-order valence-electron chi connectivity index (χ3n) is 12.4. The Balaban J connectivity index is 1.03. The fraction of sp³-hybridized carbons (Fsp3) is 0. The third kappa shape index (κ3) is 6.12. The van der Waals surface area contributed by atoms with Gasteiger partial charge in [-0.2, -0.15) is 0 Å². The average Bonchev–Trinajstić information content (AvgIpc) is 3.91. The Morgan fingerprint density at radius 1 is 0.242 bits per heavy atom. The number of para-hydroxylation sites is 3. The first-order valence-electron chi connectivity index (χ1n) is 21.2. The van der Waals surface area contributed by atoms with Crippen LogP contribution in [0.1, 0.15) is 0 Å². The van der Waals surface area contributed by atoms with E-state index in [2.05, 4.69) is 241 Å². The van der Waals surface area contributed by atoms with Crippen molar-refractivity contribution in [2.24, 2.45) is 0 Å². The second-order valence-corrected chi connectivity index (χ2v) is 16.1. The zero-order valence-corrected chi connectivity index (χ0v) is 33.9. The van der Waals surface area contributed by atoms with Crippen molar-refractivity contribution in [2.45, 2.75) is 0 Å². The maximum atomic E-state index is 6.96. The van der Waals surface area contributed by atoms with Crippen LogP contribution in [0.25, 0.3) is 116 Å². The highest BCUT2D eigenvalue weighted by molar-refractivity contribution is 6.14. The number of nitrogens with zero attached hydrogens (tertiary/aromatic N) is 1. The summed E-state index contributed by atoms with van der Waals surface area (Å²) in [7, 11) is 0. The minimum Gasteiger partial charge on any atom is -0.455 e. The molecule has 62 heavy (non-hydrogen) atoms. The molecule has 0 aliphatic carbocycles. The van der Waals surface area contributed by atoms with Crippen molar-refractivity contribution >= 4 is 43.7 Å². The van der Waals surface area contributed by atoms with Crippen LogP contribution in [0, 0.1) is 0 Å². The predicted molar refractivity (Wildman–Crippen MR) is 261 cm³/mol. The lowest BCUT2D eigenvalue weighted by Crippen LogP contribution is -1.93. The number of rotatable bonds is 7. The van der Waals surface area contributed by atoms with Gasteiger partial charge in [0.15, 0.2) is 0 Å². The van der Waals surface area contributed by atoms with E-state index in [0.29, 0.717) is 0 Å². The standard InChI is InChI=1S/C60H39NO/c1-4-14-40(15-5-1)42-26-28-44(29-27-42)47-36-48(38-49(37-47)52-22-13-24-55-54-23-12-21-51(59(54)62-60(52)55)45-18-8-3-9-19-45)46-32-35-58-56(39-46)53-20-10-11-25-57(53)61(58)50-33-30-43(31-34-50)41-16-6-2-7-17-41/h1-39H. The van der Waals surface area contributed by atoms with Crippen molar-refractivity contribution in [3.05, 3.63) is 237 Å². The summed E-state index contributed by atoms with van der Waals surface area (Å²) in [6.45, 7) is 0. The highest BCUT2D eigenvalue weighted by Crippen LogP contribution is 2.43. The zero-order chi connectivity index (χ0) is 41.0. The lowest BCUT2D eigenvalue weighted by molar-refractivity contribution is 0.671. The molecule has 0 unspecified atom stereocenters. The minimum atomic E-state index is 0.894. The summed E-state index contributed by atoms with van der Waals surface area (Å²) in [5.74, 6) is 0. The van der Waals surface area contributed by atoms with Gasteiger partial charge in [0.1, 0.15) is 11.2 Å². The second-order valence-electron chi connectivity index (χ2n) is 16.1. The second kappa shape index (κ2) is 14.8. The van der Waals surface area contributed by atoms with Gasteiger partial charge >= 0.3 is 0 Å². The largest absolute Gasteiger partial charge is 0.455 e. The van der Waals surface area contributed by atoms with Crippen LogP contribution >= 0.6 is 0 Å². The molecule has 290 valence electrons. The van der Waals surface area contributed by atoms with Crippen LogP contribution in [0.4, 0.5) is 0 Å². The number of hydrogen-bond acceptors (Lipinski definition) is 1. The number of furan rings is 1. The molecule has 10 aromatic carbocycles. The summed E-state index contributed by atoms with van der Waals surface area (Å²) in [5, 5.41) is 4.68. The molecule has 0 spiro atoms. The summed E-state index contributed by atoms with van der Waals surface area (Å²) in [6, 6.07) is 85.3. The lowest BCUT2D eigenvalue weighted by atomic mass is 9.91. The normalized spacial score (nSPS) is 11.5. The maximum absolute atomic E-state index is 6.96. The van der Waals surface area contributed by atoms with E-state index < -0.39 is 0 Å². The van der Waals surface area contributed by atoms with E-state index in [9.17, 15) is 0 Å². The first-order valence-corrected chi connectivity index (χ1v) is 21.2. The fourth-order valence-corrected chi connectivity index (χ4v) is 9.36. The Bertz CT molecular complexity index is 3580. The van der Waals surface area contributed by atoms with Crippen molar-refractivity contribution < 1.29 is 4.42 Å². The summed E-state index contributed by atoms with van der Waals surface area (Å²) in [6.07, 6.45) is 0. The van der Waals surface area contributed by atoms with Crippen LogP contribution in [-0.4, -0.2) is 4.57 Å². The van der Waals surface area contributed by atoms with E-state index in [1.807, 2.05) is 0 Å². The molecule has 0 saturated heterocycles. The Hall–Kier alpha value is -8.20. The Morgan fingerprint density at radius 3 is 1.27 bits per heavy atom. The highest BCUT2D eigenvalue weighted by atomic mass is 16.3. The molecule has 2 heterocycles. The zero-order valence-electron chi connectivity index (χ0n) is 33.9. The van der Waals surface area contributed by atoms with Crippen LogP contribution in [0.2, 0.25) is 0 Å². The molecule has 0 aliphatic rings. The van der Waals surface area contributed by atoms with Crippen molar-refractivity contribution in [1.82, 2.24) is 4.57 Å². The summed E-state index contributed by atoms with van der Waals surface area (Å²) < 4.78 is 9.35. The van der Waals surface area contributed by atoms with Crippen LogP contribution in [0.15, 0.2) is 241 Å². The highest BCUT2D eigenvalue weighted by Gasteiger charge is 2.19. The molecule has 0 saturated carbocycles. The lowest BCUT2D eigenvalue weighted by Gasteiger charge is -2.13. The van der Waals surface area contributed by atoms with E-state index in [1.165, 1.54) is 44.1 Å². The van der Waals surface area contributed by atoms with Gasteiger partial charge in [0.25, 0.3) is 0 Å². The van der Waals surface area contributed by atoms with Gasteiger partial charge in [-0.15, -0.1) is 0 Å². The average molecular weight is 790 g/mol. The molecule has 2 heteroatoms. The molecule has 0 bridgehead atoms. The van der Waals surface area contributed by atoms with Gasteiger partial charge in [-0.05, 0) is 104 Å². The molecular formula is C60H39NO. The van der Waals surface area contributed by atoms with Crippen LogP contribution in [0.5, 0.6) is 0 Å². The van der Waals surface area contributed by atoms with E-state index in [0.717, 1.165) is 72.1 Å². The summed E-state index contributed by atoms with van der Waals surface area (Å²) >= 11 is 0. The fourth-order valence-electron chi connectivity index (χ4n) is 9.36. The molecule has 0 aliphatic heterocycles. The summed E-state index contributed by atoms with van der Waals surface area (Å²) in [4.78, 5) is 0. The van der Waals surface area contributed by atoms with Gasteiger partial charge in [-0.25, -0.2) is 0 Å².